The minimum absolute atomic E-state index is 0.0781. The Bertz CT molecular complexity index is 113. The molecule has 3 aliphatic carbocycles. The van der Waals surface area contributed by atoms with Crippen LogP contribution in [0, 0.1) is 5.41 Å². The summed E-state index contributed by atoms with van der Waals surface area (Å²) in [5, 5.41) is 0. The number of hydrogen-bond acceptors (Lipinski definition) is 1. The highest BCUT2D eigenvalue weighted by molar-refractivity contribution is 5.21. The summed E-state index contributed by atoms with van der Waals surface area (Å²) < 4.78 is 12.0. The van der Waals surface area contributed by atoms with E-state index in [0.717, 1.165) is 19.3 Å². The third-order valence-electron chi connectivity index (χ3n) is 2.46. The Balaban J connectivity index is 2.04. The van der Waals surface area contributed by atoms with Crippen LogP contribution in [-0.4, -0.2) is 12.2 Å². The quantitative estimate of drug-likeness (QED) is 0.538. The zero-order chi connectivity index (χ0) is 5.83. The van der Waals surface area contributed by atoms with Gasteiger partial charge in [0, 0.05) is 11.0 Å². The van der Waals surface area contributed by atoms with Gasteiger partial charge in [-0.3, -0.25) is 4.39 Å². The number of hydrogen-bond donors (Lipinski definition) is 1. The van der Waals surface area contributed by atoms with Crippen molar-refractivity contribution in [1.29, 1.82) is 0 Å². The monoisotopic (exact) mass is 115 g/mol. The molecule has 0 aromatic heterocycles. The number of rotatable bonds is 1. The highest BCUT2D eigenvalue weighted by Gasteiger charge is 2.65. The van der Waals surface area contributed by atoms with E-state index in [9.17, 15) is 4.39 Å². The SMILES string of the molecule is NC12CC(CF)(C1)C2. The Morgan fingerprint density at radius 3 is 2.00 bits per heavy atom. The molecule has 0 heterocycles. The summed E-state index contributed by atoms with van der Waals surface area (Å²) in [5.41, 5.74) is 5.85. The molecule has 0 aliphatic heterocycles. The van der Waals surface area contributed by atoms with Gasteiger partial charge in [0.1, 0.15) is 0 Å². The van der Waals surface area contributed by atoms with Crippen molar-refractivity contribution in [3.05, 3.63) is 0 Å². The van der Waals surface area contributed by atoms with Gasteiger partial charge in [0.15, 0.2) is 0 Å². The summed E-state index contributed by atoms with van der Waals surface area (Å²) in [5.74, 6) is 0. The van der Waals surface area contributed by atoms with Crippen molar-refractivity contribution in [2.24, 2.45) is 11.1 Å². The van der Waals surface area contributed by atoms with Crippen LogP contribution in [0.2, 0.25) is 0 Å². The number of halogens is 1. The molecule has 0 unspecified atom stereocenters. The lowest BCUT2D eigenvalue weighted by atomic mass is 9.40. The van der Waals surface area contributed by atoms with E-state index in [-0.39, 0.29) is 17.6 Å². The van der Waals surface area contributed by atoms with Crippen LogP contribution in [0.15, 0.2) is 0 Å². The van der Waals surface area contributed by atoms with Crippen molar-refractivity contribution in [2.75, 3.05) is 6.67 Å². The highest BCUT2D eigenvalue weighted by atomic mass is 19.1. The van der Waals surface area contributed by atoms with Crippen LogP contribution >= 0.6 is 0 Å². The summed E-state index contributed by atoms with van der Waals surface area (Å²) in [6.07, 6.45) is 2.82. The molecular formula is C6H10FN. The Kier molecular flexibility index (Phi) is 0.561. The van der Waals surface area contributed by atoms with Gasteiger partial charge in [-0.2, -0.15) is 0 Å². The van der Waals surface area contributed by atoms with Crippen LogP contribution in [0.3, 0.4) is 0 Å². The second kappa shape index (κ2) is 0.947. The van der Waals surface area contributed by atoms with Crippen molar-refractivity contribution in [3.63, 3.8) is 0 Å². The van der Waals surface area contributed by atoms with Gasteiger partial charge in [0.25, 0.3) is 0 Å². The first-order chi connectivity index (χ1) is 3.68. The van der Waals surface area contributed by atoms with Gasteiger partial charge in [-0.15, -0.1) is 0 Å². The third kappa shape index (κ3) is 0.323. The van der Waals surface area contributed by atoms with Crippen LogP contribution in [0.4, 0.5) is 4.39 Å². The van der Waals surface area contributed by atoms with Gasteiger partial charge in [-0.05, 0) is 19.3 Å². The average Bonchev–Trinajstić information content (AvgIpc) is 1.55. The fourth-order valence-corrected chi connectivity index (χ4v) is 2.23. The van der Waals surface area contributed by atoms with E-state index in [4.69, 9.17) is 5.73 Å². The molecule has 3 fully saturated rings. The van der Waals surface area contributed by atoms with E-state index in [1.807, 2.05) is 0 Å². The van der Waals surface area contributed by atoms with Gasteiger partial charge >= 0.3 is 0 Å². The molecule has 3 saturated carbocycles. The molecule has 0 aromatic rings. The zero-order valence-electron chi connectivity index (χ0n) is 4.78. The molecule has 8 heavy (non-hydrogen) atoms. The normalized spacial score (nSPS) is 59.2. The molecule has 46 valence electrons. The molecule has 2 N–H and O–H groups in total. The Labute approximate surface area is 48.1 Å². The Morgan fingerprint density at radius 2 is 1.88 bits per heavy atom. The summed E-state index contributed by atoms with van der Waals surface area (Å²) in [7, 11) is 0. The van der Waals surface area contributed by atoms with Crippen molar-refractivity contribution in [1.82, 2.24) is 0 Å². The van der Waals surface area contributed by atoms with Crippen LogP contribution in [-0.2, 0) is 0 Å². The molecular weight excluding hydrogens is 105 g/mol. The minimum atomic E-state index is -0.147. The fraction of sp³-hybridized carbons (Fsp3) is 1.00. The second-order valence-corrected chi connectivity index (χ2v) is 3.53. The van der Waals surface area contributed by atoms with Crippen LogP contribution in [0.1, 0.15) is 19.3 Å². The molecule has 0 aromatic carbocycles. The lowest BCUT2D eigenvalue weighted by molar-refractivity contribution is -0.143. The van der Waals surface area contributed by atoms with E-state index in [1.54, 1.807) is 0 Å². The van der Waals surface area contributed by atoms with Crippen LogP contribution in [0.25, 0.3) is 0 Å². The first kappa shape index (κ1) is 4.74. The van der Waals surface area contributed by atoms with E-state index in [2.05, 4.69) is 0 Å². The standard InChI is InChI=1S/C6H10FN/c7-4-5-1-6(8,2-5)3-5/h1-4,8H2. The van der Waals surface area contributed by atoms with Gasteiger partial charge < -0.3 is 5.73 Å². The number of nitrogens with two attached hydrogens (primary N) is 1. The molecule has 3 rings (SSSR count). The molecule has 2 heteroatoms. The molecule has 3 aliphatic rings. The highest BCUT2D eigenvalue weighted by Crippen LogP contribution is 2.65. The van der Waals surface area contributed by atoms with E-state index >= 15 is 0 Å². The van der Waals surface area contributed by atoms with Gasteiger partial charge in [0.2, 0.25) is 0 Å². The van der Waals surface area contributed by atoms with E-state index in [0.29, 0.717) is 0 Å². The van der Waals surface area contributed by atoms with Gasteiger partial charge in [0.05, 0.1) is 6.67 Å². The van der Waals surface area contributed by atoms with Crippen molar-refractivity contribution in [2.45, 2.75) is 24.8 Å². The van der Waals surface area contributed by atoms with Gasteiger partial charge in [-0.25, -0.2) is 0 Å². The number of alkyl halides is 1. The second-order valence-electron chi connectivity index (χ2n) is 3.53. The predicted molar refractivity (Wildman–Crippen MR) is 29.2 cm³/mol. The smallest absolute Gasteiger partial charge is 0.0952 e. The van der Waals surface area contributed by atoms with Crippen LogP contribution < -0.4 is 5.73 Å². The largest absolute Gasteiger partial charge is 0.325 e. The minimum Gasteiger partial charge on any atom is -0.325 e. The first-order valence-corrected chi connectivity index (χ1v) is 3.03. The zero-order valence-corrected chi connectivity index (χ0v) is 4.78. The molecule has 0 saturated heterocycles. The first-order valence-electron chi connectivity index (χ1n) is 3.03. The summed E-state index contributed by atoms with van der Waals surface area (Å²) in [6, 6.07) is 0. The fourth-order valence-electron chi connectivity index (χ4n) is 2.23. The van der Waals surface area contributed by atoms with Crippen molar-refractivity contribution in [3.8, 4) is 0 Å². The van der Waals surface area contributed by atoms with Crippen molar-refractivity contribution >= 4 is 0 Å². The lowest BCUT2D eigenvalue weighted by Crippen LogP contribution is -2.72. The summed E-state index contributed by atoms with van der Waals surface area (Å²) >= 11 is 0. The maximum Gasteiger partial charge on any atom is 0.0952 e. The molecule has 0 spiro atoms. The van der Waals surface area contributed by atoms with E-state index < -0.39 is 0 Å². The molecule has 0 atom stereocenters. The average molecular weight is 115 g/mol. The van der Waals surface area contributed by atoms with E-state index in [1.165, 1.54) is 0 Å². The predicted octanol–water partition coefficient (Wildman–Crippen LogP) is 0.837. The van der Waals surface area contributed by atoms with Gasteiger partial charge in [-0.1, -0.05) is 0 Å². The molecule has 2 bridgehead atoms. The molecule has 1 nitrogen and oxygen atoms in total. The third-order valence-corrected chi connectivity index (χ3v) is 2.46. The molecule has 0 amide bonds. The lowest BCUT2D eigenvalue weighted by Gasteiger charge is -2.68. The topological polar surface area (TPSA) is 26.0 Å². The summed E-state index contributed by atoms with van der Waals surface area (Å²) in [4.78, 5) is 0. The Hall–Kier alpha value is -0.110. The molecule has 0 radical (unpaired) electrons. The maximum atomic E-state index is 12.0. The summed E-state index contributed by atoms with van der Waals surface area (Å²) in [6.45, 7) is -0.147. The Morgan fingerprint density at radius 1 is 1.38 bits per heavy atom. The van der Waals surface area contributed by atoms with Crippen LogP contribution in [0.5, 0.6) is 0 Å². The maximum absolute atomic E-state index is 12.0. The van der Waals surface area contributed by atoms with Crippen molar-refractivity contribution < 1.29 is 4.39 Å².